The van der Waals surface area contributed by atoms with Gasteiger partial charge in [0.1, 0.15) is 9.84 Å². The van der Waals surface area contributed by atoms with Crippen molar-refractivity contribution in [3.05, 3.63) is 0 Å². The third kappa shape index (κ3) is 5.04. The molecule has 0 aliphatic heterocycles. The molecule has 0 unspecified atom stereocenters. The fraction of sp³-hybridized carbons (Fsp3) is 0.909. The Balaban J connectivity index is 2.34. The number of rotatable bonds is 6. The molecule has 0 radical (unpaired) electrons. The molecule has 0 aromatic rings. The molecule has 0 aromatic carbocycles. The summed E-state index contributed by atoms with van der Waals surface area (Å²) < 4.78 is 21.8. The molecule has 6 heteroatoms. The van der Waals surface area contributed by atoms with Gasteiger partial charge in [-0.2, -0.15) is 0 Å². The molecule has 1 saturated carbocycles. The molecule has 1 rings (SSSR count). The van der Waals surface area contributed by atoms with Crippen LogP contribution in [-0.4, -0.2) is 38.4 Å². The fourth-order valence-corrected chi connectivity index (χ4v) is 2.95. The van der Waals surface area contributed by atoms with Crippen molar-refractivity contribution < 1.29 is 13.2 Å². The van der Waals surface area contributed by atoms with Crippen LogP contribution in [-0.2, 0) is 14.6 Å². The molecule has 1 amide bonds. The second-order valence-electron chi connectivity index (χ2n) is 4.97. The zero-order valence-corrected chi connectivity index (χ0v) is 11.2. The van der Waals surface area contributed by atoms with Gasteiger partial charge in [0, 0.05) is 19.2 Å². The molecule has 0 aromatic heterocycles. The standard InChI is InChI=1S/C11H22N2O3S/c1-17(15,16)8-4-5-10(14)13-11(9-12)6-2-3-7-11/h2-9,12H2,1H3,(H,13,14). The molecular formula is C11H22N2O3S. The van der Waals surface area contributed by atoms with Crippen molar-refractivity contribution >= 4 is 15.7 Å². The summed E-state index contributed by atoms with van der Waals surface area (Å²) in [7, 11) is -2.97. The van der Waals surface area contributed by atoms with Gasteiger partial charge in [-0.15, -0.1) is 0 Å². The van der Waals surface area contributed by atoms with Crippen LogP contribution in [0.3, 0.4) is 0 Å². The first-order valence-corrected chi connectivity index (χ1v) is 8.12. The number of carbonyl (C=O) groups is 1. The van der Waals surface area contributed by atoms with Gasteiger partial charge in [-0.1, -0.05) is 12.8 Å². The predicted molar refractivity (Wildman–Crippen MR) is 67.3 cm³/mol. The second kappa shape index (κ2) is 5.82. The van der Waals surface area contributed by atoms with Crippen molar-refractivity contribution in [3.63, 3.8) is 0 Å². The molecule has 0 spiro atoms. The van der Waals surface area contributed by atoms with Crippen LogP contribution in [0.4, 0.5) is 0 Å². The number of hydrogen-bond acceptors (Lipinski definition) is 4. The van der Waals surface area contributed by atoms with Crippen LogP contribution in [0.15, 0.2) is 0 Å². The molecule has 0 atom stereocenters. The van der Waals surface area contributed by atoms with E-state index in [2.05, 4.69) is 5.32 Å². The Morgan fingerprint density at radius 2 is 1.94 bits per heavy atom. The van der Waals surface area contributed by atoms with E-state index in [0.29, 0.717) is 13.0 Å². The molecule has 1 aliphatic rings. The molecule has 0 saturated heterocycles. The van der Waals surface area contributed by atoms with Gasteiger partial charge in [0.25, 0.3) is 0 Å². The normalized spacial score (nSPS) is 19.2. The Bertz CT molecular complexity index is 359. The summed E-state index contributed by atoms with van der Waals surface area (Å²) in [6.07, 6.45) is 5.88. The van der Waals surface area contributed by atoms with Crippen LogP contribution < -0.4 is 11.1 Å². The van der Waals surface area contributed by atoms with E-state index >= 15 is 0 Å². The fourth-order valence-electron chi connectivity index (χ4n) is 2.29. The zero-order valence-electron chi connectivity index (χ0n) is 10.4. The average Bonchev–Trinajstić information content (AvgIpc) is 2.65. The van der Waals surface area contributed by atoms with Gasteiger partial charge >= 0.3 is 0 Å². The Hall–Kier alpha value is -0.620. The summed E-state index contributed by atoms with van der Waals surface area (Å²) in [4.78, 5) is 11.7. The lowest BCUT2D eigenvalue weighted by Gasteiger charge is -2.28. The van der Waals surface area contributed by atoms with E-state index in [-0.39, 0.29) is 23.6 Å². The summed E-state index contributed by atoms with van der Waals surface area (Å²) in [5, 5.41) is 2.97. The van der Waals surface area contributed by atoms with Crippen molar-refractivity contribution in [2.45, 2.75) is 44.1 Å². The van der Waals surface area contributed by atoms with Gasteiger partial charge in [0.2, 0.25) is 5.91 Å². The molecular weight excluding hydrogens is 240 g/mol. The highest BCUT2D eigenvalue weighted by Crippen LogP contribution is 2.28. The molecule has 0 heterocycles. The predicted octanol–water partition coefficient (Wildman–Crippen LogP) is 0.199. The van der Waals surface area contributed by atoms with Crippen LogP contribution in [0, 0.1) is 0 Å². The second-order valence-corrected chi connectivity index (χ2v) is 7.23. The van der Waals surface area contributed by atoms with Crippen molar-refractivity contribution in [1.29, 1.82) is 0 Å². The highest BCUT2D eigenvalue weighted by atomic mass is 32.2. The van der Waals surface area contributed by atoms with E-state index in [1.807, 2.05) is 0 Å². The van der Waals surface area contributed by atoms with Gasteiger partial charge in [0.05, 0.1) is 11.3 Å². The van der Waals surface area contributed by atoms with E-state index in [9.17, 15) is 13.2 Å². The number of sulfone groups is 1. The largest absolute Gasteiger partial charge is 0.349 e. The zero-order chi connectivity index (χ0) is 12.9. The molecule has 5 nitrogen and oxygen atoms in total. The first kappa shape index (κ1) is 14.4. The maximum Gasteiger partial charge on any atom is 0.220 e. The topological polar surface area (TPSA) is 89.3 Å². The lowest BCUT2D eigenvalue weighted by molar-refractivity contribution is -0.122. The minimum atomic E-state index is -2.97. The lowest BCUT2D eigenvalue weighted by atomic mass is 9.97. The van der Waals surface area contributed by atoms with E-state index in [1.165, 1.54) is 6.26 Å². The van der Waals surface area contributed by atoms with Crippen LogP contribution in [0.5, 0.6) is 0 Å². The molecule has 0 bridgehead atoms. The van der Waals surface area contributed by atoms with Gasteiger partial charge in [-0.3, -0.25) is 4.79 Å². The number of carbonyl (C=O) groups excluding carboxylic acids is 1. The summed E-state index contributed by atoms with van der Waals surface area (Å²) in [5.41, 5.74) is 5.47. The minimum Gasteiger partial charge on any atom is -0.349 e. The van der Waals surface area contributed by atoms with Crippen LogP contribution in [0.1, 0.15) is 38.5 Å². The highest BCUT2D eigenvalue weighted by molar-refractivity contribution is 7.90. The molecule has 1 aliphatic carbocycles. The Labute approximate surface area is 103 Å². The highest BCUT2D eigenvalue weighted by Gasteiger charge is 2.33. The molecule has 100 valence electrons. The Morgan fingerprint density at radius 1 is 1.35 bits per heavy atom. The van der Waals surface area contributed by atoms with Crippen molar-refractivity contribution in [2.75, 3.05) is 18.6 Å². The first-order chi connectivity index (χ1) is 7.87. The molecule has 3 N–H and O–H groups in total. The number of hydrogen-bond donors (Lipinski definition) is 2. The molecule has 1 fully saturated rings. The summed E-state index contributed by atoms with van der Waals surface area (Å²) in [6.45, 7) is 0.463. The van der Waals surface area contributed by atoms with Crippen molar-refractivity contribution in [2.24, 2.45) is 5.73 Å². The van der Waals surface area contributed by atoms with Gasteiger partial charge in [-0.25, -0.2) is 8.42 Å². The first-order valence-electron chi connectivity index (χ1n) is 6.06. The maximum absolute atomic E-state index is 11.7. The number of nitrogens with one attached hydrogen (secondary N) is 1. The van der Waals surface area contributed by atoms with Crippen LogP contribution in [0.25, 0.3) is 0 Å². The van der Waals surface area contributed by atoms with Crippen LogP contribution >= 0.6 is 0 Å². The number of nitrogens with two attached hydrogens (primary N) is 1. The van der Waals surface area contributed by atoms with Gasteiger partial charge < -0.3 is 11.1 Å². The third-order valence-corrected chi connectivity index (χ3v) is 4.31. The maximum atomic E-state index is 11.7. The van der Waals surface area contributed by atoms with E-state index in [4.69, 9.17) is 5.73 Å². The average molecular weight is 262 g/mol. The summed E-state index contributed by atoms with van der Waals surface area (Å²) >= 11 is 0. The SMILES string of the molecule is CS(=O)(=O)CCCC(=O)NC1(CN)CCCC1. The smallest absolute Gasteiger partial charge is 0.220 e. The third-order valence-electron chi connectivity index (χ3n) is 3.27. The Kier molecular flexibility index (Phi) is 4.94. The minimum absolute atomic E-state index is 0.0655. The summed E-state index contributed by atoms with van der Waals surface area (Å²) in [6, 6.07) is 0. The summed E-state index contributed by atoms with van der Waals surface area (Å²) in [5.74, 6) is -0.0169. The van der Waals surface area contributed by atoms with Gasteiger partial charge in [-0.05, 0) is 19.3 Å². The van der Waals surface area contributed by atoms with E-state index in [1.54, 1.807) is 0 Å². The van der Waals surface area contributed by atoms with Crippen molar-refractivity contribution in [3.8, 4) is 0 Å². The van der Waals surface area contributed by atoms with E-state index < -0.39 is 9.84 Å². The number of amides is 1. The van der Waals surface area contributed by atoms with Crippen molar-refractivity contribution in [1.82, 2.24) is 5.32 Å². The Morgan fingerprint density at radius 3 is 2.41 bits per heavy atom. The van der Waals surface area contributed by atoms with Gasteiger partial charge in [0.15, 0.2) is 0 Å². The quantitative estimate of drug-likeness (QED) is 0.715. The molecule has 17 heavy (non-hydrogen) atoms. The monoisotopic (exact) mass is 262 g/mol. The lowest BCUT2D eigenvalue weighted by Crippen LogP contribution is -2.51. The van der Waals surface area contributed by atoms with E-state index in [0.717, 1.165) is 25.7 Å². The van der Waals surface area contributed by atoms with Crippen LogP contribution in [0.2, 0.25) is 0 Å².